The highest BCUT2D eigenvalue weighted by Crippen LogP contribution is 2.42. The molecule has 0 unspecified atom stereocenters. The number of allylic oxidation sites excluding steroid dienone is 1. The van der Waals surface area contributed by atoms with Crippen molar-refractivity contribution in [1.29, 1.82) is 0 Å². The summed E-state index contributed by atoms with van der Waals surface area (Å²) in [7, 11) is 0. The highest BCUT2D eigenvalue weighted by atomic mass is 16.5. The molecule has 1 aliphatic carbocycles. The summed E-state index contributed by atoms with van der Waals surface area (Å²) in [5.41, 5.74) is 0.938. The highest BCUT2D eigenvalue weighted by Gasteiger charge is 2.35. The van der Waals surface area contributed by atoms with Crippen molar-refractivity contribution in [3.05, 3.63) is 11.6 Å². The van der Waals surface area contributed by atoms with Crippen LogP contribution in [-0.2, 0) is 9.53 Å². The molecule has 4 nitrogen and oxygen atoms in total. The number of carbonyl (C=O) groups excluding carboxylic acids is 1. The van der Waals surface area contributed by atoms with Crippen LogP contribution in [0, 0.1) is 11.3 Å². The minimum Gasteiger partial charge on any atom is -0.463 e. The first-order chi connectivity index (χ1) is 8.01. The maximum Gasteiger partial charge on any atom is 0.306 e. The number of aliphatic hydroxyl groups is 2. The van der Waals surface area contributed by atoms with Crippen LogP contribution in [0.25, 0.3) is 0 Å². The fourth-order valence-corrected chi connectivity index (χ4v) is 2.42. The lowest BCUT2D eigenvalue weighted by Crippen LogP contribution is -2.32. The second-order valence-corrected chi connectivity index (χ2v) is 5.17. The van der Waals surface area contributed by atoms with E-state index in [-0.39, 0.29) is 43.5 Å². The van der Waals surface area contributed by atoms with Crippen LogP contribution in [0.4, 0.5) is 0 Å². The molecular weight excluding hydrogens is 220 g/mol. The predicted octanol–water partition coefficient (Wildman–Crippen LogP) is 1.27. The Balaban J connectivity index is 2.67. The molecule has 0 aliphatic heterocycles. The van der Waals surface area contributed by atoms with E-state index in [4.69, 9.17) is 9.84 Å². The molecule has 17 heavy (non-hydrogen) atoms. The minimum absolute atomic E-state index is 0.00137. The summed E-state index contributed by atoms with van der Waals surface area (Å²) < 4.78 is 4.88. The van der Waals surface area contributed by atoms with Crippen LogP contribution in [0.2, 0.25) is 0 Å². The fraction of sp³-hybridized carbons (Fsp3) is 0.769. The van der Waals surface area contributed by atoms with Crippen molar-refractivity contribution < 1.29 is 19.7 Å². The van der Waals surface area contributed by atoms with Crippen LogP contribution in [0.5, 0.6) is 0 Å². The first kappa shape index (κ1) is 14.2. The first-order valence-corrected chi connectivity index (χ1v) is 6.07. The van der Waals surface area contributed by atoms with Gasteiger partial charge < -0.3 is 14.9 Å². The quantitative estimate of drug-likeness (QED) is 0.563. The largest absolute Gasteiger partial charge is 0.463 e. The Morgan fingerprint density at radius 3 is 2.82 bits per heavy atom. The third kappa shape index (κ3) is 3.82. The molecule has 0 aromatic rings. The summed E-state index contributed by atoms with van der Waals surface area (Å²) in [6, 6.07) is 0. The number of ether oxygens (including phenoxy) is 1. The zero-order chi connectivity index (χ0) is 12.9. The lowest BCUT2D eigenvalue weighted by atomic mass is 9.67. The molecule has 0 aromatic heterocycles. The van der Waals surface area contributed by atoms with Gasteiger partial charge in [0.25, 0.3) is 0 Å². The van der Waals surface area contributed by atoms with E-state index in [1.165, 1.54) is 0 Å². The number of rotatable bonds is 5. The molecule has 1 atom stereocenters. The topological polar surface area (TPSA) is 66.8 Å². The molecule has 0 amide bonds. The zero-order valence-electron chi connectivity index (χ0n) is 10.6. The summed E-state index contributed by atoms with van der Waals surface area (Å²) in [4.78, 5) is 11.6. The van der Waals surface area contributed by atoms with E-state index in [0.29, 0.717) is 0 Å². The molecule has 0 spiro atoms. The van der Waals surface area contributed by atoms with E-state index < -0.39 is 0 Å². The summed E-state index contributed by atoms with van der Waals surface area (Å²) in [5.74, 6) is -0.272. The molecule has 1 rings (SSSR count). The molecule has 0 fully saturated rings. The average molecular weight is 242 g/mol. The molecule has 98 valence electrons. The Morgan fingerprint density at radius 2 is 2.24 bits per heavy atom. The van der Waals surface area contributed by atoms with Crippen LogP contribution in [0.3, 0.4) is 0 Å². The molecule has 1 aliphatic rings. The molecular formula is C13H22O4. The maximum absolute atomic E-state index is 11.6. The van der Waals surface area contributed by atoms with E-state index in [0.717, 1.165) is 18.4 Å². The lowest BCUT2D eigenvalue weighted by molar-refractivity contribution is -0.146. The number of hydrogen-bond donors (Lipinski definition) is 2. The number of esters is 1. The Morgan fingerprint density at radius 1 is 1.53 bits per heavy atom. The van der Waals surface area contributed by atoms with Crippen molar-refractivity contribution in [2.75, 3.05) is 19.8 Å². The Kier molecular flexibility index (Phi) is 5.15. The number of carbonyl (C=O) groups is 1. The first-order valence-electron chi connectivity index (χ1n) is 6.07. The van der Waals surface area contributed by atoms with Gasteiger partial charge in [-0.3, -0.25) is 4.79 Å². The van der Waals surface area contributed by atoms with Crippen molar-refractivity contribution in [3.8, 4) is 0 Å². The minimum atomic E-state index is -0.307. The van der Waals surface area contributed by atoms with Crippen LogP contribution >= 0.6 is 0 Å². The molecule has 0 aromatic carbocycles. The molecule has 0 heterocycles. The van der Waals surface area contributed by atoms with Gasteiger partial charge in [-0.15, -0.1) is 0 Å². The van der Waals surface area contributed by atoms with Gasteiger partial charge in [0.05, 0.1) is 19.6 Å². The molecule has 0 bridgehead atoms. The van der Waals surface area contributed by atoms with Gasteiger partial charge in [0.1, 0.15) is 6.61 Å². The molecule has 4 heteroatoms. The van der Waals surface area contributed by atoms with E-state index in [9.17, 15) is 9.90 Å². The molecule has 0 radical (unpaired) electrons. The van der Waals surface area contributed by atoms with Gasteiger partial charge in [0.15, 0.2) is 0 Å². The second kappa shape index (κ2) is 6.17. The smallest absolute Gasteiger partial charge is 0.306 e. The molecule has 0 saturated carbocycles. The third-order valence-electron chi connectivity index (χ3n) is 3.49. The van der Waals surface area contributed by atoms with Gasteiger partial charge in [0.2, 0.25) is 0 Å². The fourth-order valence-electron chi connectivity index (χ4n) is 2.42. The van der Waals surface area contributed by atoms with Gasteiger partial charge in [-0.2, -0.15) is 0 Å². The van der Waals surface area contributed by atoms with Crippen LogP contribution in [-0.4, -0.2) is 36.0 Å². The predicted molar refractivity (Wildman–Crippen MR) is 64.3 cm³/mol. The number of aliphatic hydroxyl groups excluding tert-OH is 2. The van der Waals surface area contributed by atoms with E-state index in [2.05, 4.69) is 13.8 Å². The van der Waals surface area contributed by atoms with Crippen LogP contribution < -0.4 is 0 Å². The third-order valence-corrected chi connectivity index (χ3v) is 3.49. The number of hydrogen-bond acceptors (Lipinski definition) is 4. The summed E-state index contributed by atoms with van der Waals surface area (Å²) >= 11 is 0. The summed E-state index contributed by atoms with van der Waals surface area (Å²) in [6.07, 6.45) is 4.26. The van der Waals surface area contributed by atoms with Gasteiger partial charge in [-0.1, -0.05) is 19.9 Å². The van der Waals surface area contributed by atoms with E-state index in [1.807, 2.05) is 6.08 Å². The Hall–Kier alpha value is -0.870. The standard InChI is InChI=1S/C13H22O4/c1-13(2)5-3-4-10(9-15)11(13)8-12(16)17-7-6-14/h4,11,14-15H,3,5-9H2,1-2H3/t11-/m1/s1. The SMILES string of the molecule is CC1(C)CCC=C(CO)[C@H]1CC(=O)OCCO. The van der Waals surface area contributed by atoms with Crippen molar-refractivity contribution in [2.24, 2.45) is 11.3 Å². The average Bonchev–Trinajstić information content (AvgIpc) is 2.28. The molecule has 0 saturated heterocycles. The van der Waals surface area contributed by atoms with Crippen molar-refractivity contribution >= 4 is 5.97 Å². The van der Waals surface area contributed by atoms with Crippen molar-refractivity contribution in [1.82, 2.24) is 0 Å². The summed E-state index contributed by atoms with van der Waals surface area (Å²) in [6.45, 7) is 4.12. The second-order valence-electron chi connectivity index (χ2n) is 5.17. The Bertz CT molecular complexity index is 294. The van der Waals surface area contributed by atoms with Crippen LogP contribution in [0.1, 0.15) is 33.1 Å². The van der Waals surface area contributed by atoms with E-state index >= 15 is 0 Å². The van der Waals surface area contributed by atoms with Gasteiger partial charge in [-0.25, -0.2) is 0 Å². The maximum atomic E-state index is 11.6. The molecule has 2 N–H and O–H groups in total. The van der Waals surface area contributed by atoms with Gasteiger partial charge in [0, 0.05) is 0 Å². The normalized spacial score (nSPS) is 23.1. The monoisotopic (exact) mass is 242 g/mol. The van der Waals surface area contributed by atoms with Crippen molar-refractivity contribution in [3.63, 3.8) is 0 Å². The van der Waals surface area contributed by atoms with Crippen molar-refractivity contribution in [2.45, 2.75) is 33.1 Å². The Labute approximate surface area is 102 Å². The van der Waals surface area contributed by atoms with Gasteiger partial charge >= 0.3 is 5.97 Å². The highest BCUT2D eigenvalue weighted by molar-refractivity contribution is 5.70. The lowest BCUT2D eigenvalue weighted by Gasteiger charge is -2.38. The van der Waals surface area contributed by atoms with Crippen LogP contribution in [0.15, 0.2) is 11.6 Å². The van der Waals surface area contributed by atoms with E-state index in [1.54, 1.807) is 0 Å². The zero-order valence-corrected chi connectivity index (χ0v) is 10.6. The summed E-state index contributed by atoms with van der Waals surface area (Å²) in [5, 5.41) is 17.9. The van der Waals surface area contributed by atoms with Gasteiger partial charge in [-0.05, 0) is 29.7 Å².